The Morgan fingerprint density at radius 2 is 1.30 bits per heavy atom. The number of nitrogen functional groups attached to an aromatic ring is 1. The molecule has 3 N–H and O–H groups in total. The molecule has 27 nitrogen and oxygen atoms in total. The minimum atomic E-state index is -5.56. The smallest absolute Gasteiger partial charge is 0.744 e. The van der Waals surface area contributed by atoms with Crippen LogP contribution in [0.5, 0.6) is 11.5 Å². The van der Waals surface area contributed by atoms with E-state index in [1.54, 1.807) is 0 Å². The number of carbonyl (C=O) groups is 1. The number of anilines is 1. The van der Waals surface area contributed by atoms with E-state index in [9.17, 15) is 68.3 Å². The minimum Gasteiger partial charge on any atom is -0.744 e. The molecule has 0 unspecified atom stereocenters. The number of fused-ring (bicyclic) bond motifs is 1. The summed E-state index contributed by atoms with van der Waals surface area (Å²) < 4.78 is 142. The second-order valence-electron chi connectivity index (χ2n) is 11.1. The Labute approximate surface area is 493 Å². The third kappa shape index (κ3) is 19.1. The van der Waals surface area contributed by atoms with Crippen LogP contribution in [0, 0.1) is 0 Å². The van der Waals surface area contributed by atoms with Gasteiger partial charge in [0.1, 0.15) is 32.9 Å². The number of methoxy groups -OCH3 is 1. The molecular weight excluding hydrogens is 1070 g/mol. The number of ether oxygens (including phenoxy) is 1. The molecule has 0 radical (unpaired) electrons. The van der Waals surface area contributed by atoms with E-state index < -0.39 is 120 Å². The van der Waals surface area contributed by atoms with Crippen LogP contribution in [0.1, 0.15) is 10.4 Å². The number of phenolic OH excluding ortho intramolecular Hbond substituents is 1. The van der Waals surface area contributed by atoms with E-state index in [1.165, 1.54) is 13.2 Å². The molecule has 0 bridgehead atoms. The number of azo groups is 2. The van der Waals surface area contributed by atoms with Crippen molar-refractivity contribution < 1.29 is 248 Å². The number of carboxylic acid groups (broad SMARTS) is 1. The van der Waals surface area contributed by atoms with Crippen molar-refractivity contribution in [1.29, 1.82) is 0 Å². The molecule has 0 atom stereocenters. The summed E-state index contributed by atoms with van der Waals surface area (Å²) in [6.45, 7) is -1.60. The zero-order valence-corrected chi connectivity index (χ0v) is 49.7. The minimum absolute atomic E-state index is 0. The second kappa shape index (κ2) is 30.4. The first-order valence-corrected chi connectivity index (χ1v) is 22.9. The van der Waals surface area contributed by atoms with Crippen molar-refractivity contribution in [1.82, 2.24) is 0 Å². The van der Waals surface area contributed by atoms with E-state index in [0.717, 1.165) is 30.3 Å². The van der Waals surface area contributed by atoms with Crippen molar-refractivity contribution in [2.75, 3.05) is 37.6 Å². The maximum absolute atomic E-state index is 12.9. The fraction of sp³-hybridized carbons (Fsp3) is 0.179. The maximum atomic E-state index is 12.9. The average molecular weight is 1090 g/mol. The third-order valence-electron chi connectivity index (χ3n) is 7.43. The standard InChI is InChI=1S/C28H27N5O22S6.5Na/c1-49-20-5-3-16(58(39,40)8-6-50-57-55-53-38)13-19(20)31-32-25-21(56-54-52-37)10-14-11-22(60(43,44)45)26(24(29)23(14)27(25)34)33-30-18-4-2-15(12-17(18)28(35)36)59(41,42)9-7-51-61(46,47)48;;;;;/h2-5,10-13,34,37-38H,6-9,29H2,1H3,(H,35,36)(H,43,44,45)(H,46,47,48);;;;;/q;5*+1/p-5. The molecular formula is C28H22N5Na5O22S6. The van der Waals surface area contributed by atoms with Crippen LogP contribution in [-0.4, -0.2) is 85.7 Å². The first-order valence-electron chi connectivity index (χ1n) is 15.4. The number of nitrogens with zero attached hydrogens (tertiary/aromatic N) is 4. The van der Waals surface area contributed by atoms with Gasteiger partial charge in [0, 0.05) is 5.56 Å². The third-order valence-corrected chi connectivity index (χ3v) is 13.1. The second-order valence-corrected chi connectivity index (χ2v) is 18.9. The number of hydrogen-bond acceptors (Lipinski definition) is 29. The number of benzene rings is 4. The molecule has 0 heterocycles. The zero-order valence-electron chi connectivity index (χ0n) is 34.8. The Morgan fingerprint density at radius 1 is 0.742 bits per heavy atom. The van der Waals surface area contributed by atoms with Crippen molar-refractivity contribution >= 4 is 110 Å². The molecule has 0 saturated heterocycles. The summed E-state index contributed by atoms with van der Waals surface area (Å²) >= 11 is 0.170. The molecule has 38 heteroatoms. The monoisotopic (exact) mass is 1090 g/mol. The summed E-state index contributed by atoms with van der Waals surface area (Å²) in [4.78, 5) is 9.34. The summed E-state index contributed by atoms with van der Waals surface area (Å²) in [7, 11) is -18.3. The predicted octanol–water partition coefficient (Wildman–Crippen LogP) is -14.7. The topological polar surface area (TPSA) is 429 Å². The first-order chi connectivity index (χ1) is 28.5. The molecule has 4 rings (SSSR count). The van der Waals surface area contributed by atoms with Gasteiger partial charge in [-0.05, 0) is 53.9 Å². The van der Waals surface area contributed by atoms with Gasteiger partial charge in [-0.3, -0.25) is 18.4 Å². The van der Waals surface area contributed by atoms with Crippen LogP contribution in [0.4, 0.5) is 28.4 Å². The Hall–Kier alpha value is 0.310. The van der Waals surface area contributed by atoms with E-state index in [-0.39, 0.29) is 199 Å². The van der Waals surface area contributed by atoms with E-state index in [1.807, 2.05) is 0 Å². The molecule has 0 amide bonds. The van der Waals surface area contributed by atoms with Crippen LogP contribution in [0.3, 0.4) is 0 Å². The van der Waals surface area contributed by atoms with E-state index in [2.05, 4.69) is 43.4 Å². The Kier molecular flexibility index (Phi) is 31.5. The number of carbonyl (C=O) groups excluding carboxylic acids is 1. The van der Waals surface area contributed by atoms with Crippen molar-refractivity contribution in [2.45, 2.75) is 19.6 Å². The molecule has 4 aromatic rings. The van der Waals surface area contributed by atoms with Crippen molar-refractivity contribution in [3.05, 3.63) is 54.1 Å². The average Bonchev–Trinajstić information content (AvgIpc) is 3.17. The van der Waals surface area contributed by atoms with E-state index >= 15 is 0 Å². The molecule has 0 aromatic heterocycles. The Bertz CT molecular complexity index is 2850. The van der Waals surface area contributed by atoms with Gasteiger partial charge in [0.25, 0.3) is 0 Å². The fourth-order valence-corrected chi connectivity index (χ4v) is 8.89. The summed E-state index contributed by atoms with van der Waals surface area (Å²) in [5.41, 5.74) is 1.83. The van der Waals surface area contributed by atoms with Gasteiger partial charge in [-0.25, -0.2) is 33.7 Å². The molecule has 4 aromatic carbocycles. The van der Waals surface area contributed by atoms with Crippen molar-refractivity contribution in [3.63, 3.8) is 0 Å². The normalized spacial score (nSPS) is 11.8. The van der Waals surface area contributed by atoms with Gasteiger partial charge < -0.3 is 45.1 Å². The van der Waals surface area contributed by atoms with E-state index in [4.69, 9.17) is 14.7 Å². The number of phenols is 1. The fourth-order valence-electron chi connectivity index (χ4n) is 4.81. The summed E-state index contributed by atoms with van der Waals surface area (Å²) in [5, 5.41) is 64.7. The van der Waals surface area contributed by atoms with Crippen LogP contribution in [-0.2, 0) is 67.3 Å². The van der Waals surface area contributed by atoms with Crippen LogP contribution < -0.4 is 174 Å². The predicted molar refractivity (Wildman–Crippen MR) is 194 cm³/mol. The molecule has 0 saturated carbocycles. The summed E-state index contributed by atoms with van der Waals surface area (Å²) in [6, 6.07) is 6.98. The molecule has 0 spiro atoms. The maximum Gasteiger partial charge on any atom is 1.00 e. The van der Waals surface area contributed by atoms with Gasteiger partial charge in [0.05, 0.1) is 86.2 Å². The van der Waals surface area contributed by atoms with Gasteiger partial charge in [0.15, 0.2) is 37.7 Å². The van der Waals surface area contributed by atoms with Gasteiger partial charge in [-0.2, -0.15) is 4.33 Å². The number of aromatic hydroxyl groups is 1. The molecule has 66 heavy (non-hydrogen) atoms. The molecule has 0 aliphatic heterocycles. The number of nitrogens with two attached hydrogens (primary N) is 1. The summed E-state index contributed by atoms with van der Waals surface area (Å²) in [5.74, 6) is -4.83. The van der Waals surface area contributed by atoms with Crippen LogP contribution in [0.25, 0.3) is 10.8 Å². The van der Waals surface area contributed by atoms with E-state index in [0.29, 0.717) is 12.1 Å². The number of carboxylic acids is 1. The zero-order chi connectivity index (χ0) is 45.3. The Morgan fingerprint density at radius 3 is 1.86 bits per heavy atom. The van der Waals surface area contributed by atoms with Gasteiger partial charge in [0.2, 0.25) is 10.4 Å². The quantitative estimate of drug-likeness (QED) is 0.00849. The van der Waals surface area contributed by atoms with Gasteiger partial charge >= 0.3 is 148 Å². The summed E-state index contributed by atoms with van der Waals surface area (Å²) in [6.07, 6.45) is 0. The SMILES string of the molecule is COc1ccc(S(=O)(=O)CCOSOO[O-])cc1N=Nc1c(SOO[O-])cc2cc(S(=O)(=O)[O-])c(N=Nc3ccc(S(=O)(=O)CCOS(=O)(=O)[O-])cc3C(=O)[O-])c(N)c2c1O.[Na+].[Na+].[Na+].[Na+].[Na+]. The first kappa shape index (κ1) is 68.4. The Balaban J connectivity index is 0. The van der Waals surface area contributed by atoms with Crippen LogP contribution in [0.2, 0.25) is 0 Å². The molecule has 0 fully saturated rings. The van der Waals surface area contributed by atoms with Crippen molar-refractivity contribution in [3.8, 4) is 11.5 Å². The van der Waals surface area contributed by atoms with Crippen LogP contribution in [0.15, 0.2) is 88.6 Å². The number of sulfone groups is 2. The number of aromatic carboxylic acids is 1. The molecule has 332 valence electrons. The number of hydrogen-bond donors (Lipinski definition) is 2. The van der Waals surface area contributed by atoms with Gasteiger partial charge in [-0.1, -0.05) is 0 Å². The van der Waals surface area contributed by atoms with Crippen LogP contribution >= 0.6 is 24.4 Å². The largest absolute Gasteiger partial charge is 1.00 e. The molecule has 0 aliphatic carbocycles. The van der Waals surface area contributed by atoms with Gasteiger partial charge in [-0.15, -0.1) is 24.8 Å². The van der Waals surface area contributed by atoms with Crippen molar-refractivity contribution in [2.24, 2.45) is 20.5 Å². The molecule has 0 aliphatic rings. The number of rotatable bonds is 22.